The highest BCUT2D eigenvalue weighted by molar-refractivity contribution is 6.30. The van der Waals surface area contributed by atoms with Crippen molar-refractivity contribution < 1.29 is 9.53 Å². The number of ether oxygens (including phenoxy) is 1. The molecule has 0 radical (unpaired) electrons. The smallest absolute Gasteiger partial charge is 0.427 e. The number of hydrazone groups is 1. The van der Waals surface area contributed by atoms with Crippen molar-refractivity contribution in [2.24, 2.45) is 5.10 Å². The van der Waals surface area contributed by atoms with E-state index in [0.29, 0.717) is 5.02 Å². The first-order chi connectivity index (χ1) is 6.72. The molecule has 0 saturated heterocycles. The SMILES string of the molecule is COC(=O)NN=Cc1cccc(Cl)c1. The molecule has 1 aromatic carbocycles. The first-order valence-corrected chi connectivity index (χ1v) is 4.23. The van der Waals surface area contributed by atoms with Crippen LogP contribution in [0.1, 0.15) is 5.56 Å². The Labute approximate surface area is 86.5 Å². The number of benzene rings is 1. The Morgan fingerprint density at radius 1 is 1.64 bits per heavy atom. The van der Waals surface area contributed by atoms with E-state index in [2.05, 4.69) is 15.3 Å². The molecule has 0 unspecified atom stereocenters. The second-order valence-electron chi connectivity index (χ2n) is 2.42. The normalized spacial score (nSPS) is 10.1. The summed E-state index contributed by atoms with van der Waals surface area (Å²) in [5.41, 5.74) is 2.97. The van der Waals surface area contributed by atoms with Crippen molar-refractivity contribution in [1.82, 2.24) is 5.43 Å². The Balaban J connectivity index is 2.56. The van der Waals surface area contributed by atoms with Crippen LogP contribution in [0.3, 0.4) is 0 Å². The fourth-order valence-electron chi connectivity index (χ4n) is 0.792. The molecule has 0 atom stereocenters. The standard InChI is InChI=1S/C9H9ClN2O2/c1-14-9(13)12-11-6-7-3-2-4-8(10)5-7/h2-6H,1H3,(H,12,13). The molecule has 5 heteroatoms. The van der Waals surface area contributed by atoms with Gasteiger partial charge in [-0.15, -0.1) is 0 Å². The van der Waals surface area contributed by atoms with E-state index in [1.807, 2.05) is 6.07 Å². The average molecular weight is 213 g/mol. The highest BCUT2D eigenvalue weighted by Crippen LogP contribution is 2.08. The van der Waals surface area contributed by atoms with Gasteiger partial charge in [0.1, 0.15) is 0 Å². The van der Waals surface area contributed by atoms with Crippen molar-refractivity contribution in [3.63, 3.8) is 0 Å². The Morgan fingerprint density at radius 3 is 3.07 bits per heavy atom. The van der Waals surface area contributed by atoms with Gasteiger partial charge in [-0.3, -0.25) is 0 Å². The van der Waals surface area contributed by atoms with Gasteiger partial charge in [0.15, 0.2) is 0 Å². The molecule has 0 heterocycles. The first-order valence-electron chi connectivity index (χ1n) is 3.85. The maximum absolute atomic E-state index is 10.6. The van der Waals surface area contributed by atoms with Crippen LogP contribution < -0.4 is 5.43 Å². The first kappa shape index (κ1) is 10.5. The minimum absolute atomic E-state index is 0.608. The molecule has 1 aromatic rings. The van der Waals surface area contributed by atoms with Crippen molar-refractivity contribution in [2.75, 3.05) is 7.11 Å². The van der Waals surface area contributed by atoms with Crippen molar-refractivity contribution in [2.45, 2.75) is 0 Å². The Kier molecular flexibility index (Phi) is 3.94. The van der Waals surface area contributed by atoms with Gasteiger partial charge in [0.25, 0.3) is 0 Å². The number of amides is 1. The van der Waals surface area contributed by atoms with Crippen LogP contribution in [-0.2, 0) is 4.74 Å². The van der Waals surface area contributed by atoms with Gasteiger partial charge in [0.2, 0.25) is 0 Å². The van der Waals surface area contributed by atoms with Crippen LogP contribution in [-0.4, -0.2) is 19.4 Å². The highest BCUT2D eigenvalue weighted by Gasteiger charge is 1.93. The summed E-state index contributed by atoms with van der Waals surface area (Å²) in [6.07, 6.45) is 0.867. The second kappa shape index (κ2) is 5.24. The molecule has 0 bridgehead atoms. The summed E-state index contributed by atoms with van der Waals surface area (Å²) in [5, 5.41) is 4.26. The summed E-state index contributed by atoms with van der Waals surface area (Å²) in [6.45, 7) is 0. The topological polar surface area (TPSA) is 50.7 Å². The molecule has 0 saturated carbocycles. The Hall–Kier alpha value is -1.55. The summed E-state index contributed by atoms with van der Waals surface area (Å²) in [4.78, 5) is 10.6. The van der Waals surface area contributed by atoms with Crippen LogP contribution >= 0.6 is 11.6 Å². The molecule has 0 aromatic heterocycles. The average Bonchev–Trinajstić information content (AvgIpc) is 2.17. The van der Waals surface area contributed by atoms with Crippen LogP contribution in [0, 0.1) is 0 Å². The number of hydrogen-bond acceptors (Lipinski definition) is 3. The monoisotopic (exact) mass is 212 g/mol. The summed E-state index contributed by atoms with van der Waals surface area (Å²) in [7, 11) is 1.27. The molecule has 1 rings (SSSR count). The molecule has 0 fully saturated rings. The number of nitrogens with one attached hydrogen (secondary N) is 1. The maximum atomic E-state index is 10.6. The molecule has 4 nitrogen and oxygen atoms in total. The lowest BCUT2D eigenvalue weighted by molar-refractivity contribution is 0.171. The number of hydrogen-bond donors (Lipinski definition) is 1. The van der Waals surface area contributed by atoms with Crippen LogP contribution in [0.2, 0.25) is 5.02 Å². The van der Waals surface area contributed by atoms with Gasteiger partial charge in [-0.25, -0.2) is 10.2 Å². The number of rotatable bonds is 2. The van der Waals surface area contributed by atoms with E-state index in [9.17, 15) is 4.79 Å². The molecule has 0 aliphatic heterocycles. The van der Waals surface area contributed by atoms with Gasteiger partial charge in [0, 0.05) is 5.02 Å². The zero-order valence-electron chi connectivity index (χ0n) is 7.53. The van der Waals surface area contributed by atoms with Gasteiger partial charge in [-0.05, 0) is 17.7 Å². The number of carbonyl (C=O) groups excluding carboxylic acids is 1. The van der Waals surface area contributed by atoms with Crippen LogP contribution in [0.4, 0.5) is 4.79 Å². The van der Waals surface area contributed by atoms with Gasteiger partial charge < -0.3 is 4.74 Å². The quantitative estimate of drug-likeness (QED) is 0.603. The highest BCUT2D eigenvalue weighted by atomic mass is 35.5. The zero-order chi connectivity index (χ0) is 10.4. The third kappa shape index (κ3) is 3.45. The predicted molar refractivity (Wildman–Crippen MR) is 54.6 cm³/mol. The predicted octanol–water partition coefficient (Wildman–Crippen LogP) is 2.03. The van der Waals surface area contributed by atoms with Crippen molar-refractivity contribution in [1.29, 1.82) is 0 Å². The van der Waals surface area contributed by atoms with E-state index in [1.165, 1.54) is 13.3 Å². The van der Waals surface area contributed by atoms with Crippen molar-refractivity contribution >= 4 is 23.9 Å². The molecule has 14 heavy (non-hydrogen) atoms. The molecular weight excluding hydrogens is 204 g/mol. The maximum Gasteiger partial charge on any atom is 0.427 e. The molecular formula is C9H9ClN2O2. The minimum Gasteiger partial charge on any atom is -0.452 e. The van der Waals surface area contributed by atoms with E-state index in [4.69, 9.17) is 11.6 Å². The number of methoxy groups -OCH3 is 1. The van der Waals surface area contributed by atoms with Gasteiger partial charge in [0.05, 0.1) is 13.3 Å². The summed E-state index contributed by atoms with van der Waals surface area (Å²) in [5.74, 6) is 0. The van der Waals surface area contributed by atoms with E-state index in [0.717, 1.165) is 5.56 Å². The fraction of sp³-hybridized carbons (Fsp3) is 0.111. The summed E-state index contributed by atoms with van der Waals surface area (Å²) in [6, 6.07) is 7.09. The third-order valence-electron chi connectivity index (χ3n) is 1.40. The molecule has 74 valence electrons. The van der Waals surface area contributed by atoms with Crippen molar-refractivity contribution in [3.8, 4) is 0 Å². The Morgan fingerprint density at radius 2 is 2.43 bits per heavy atom. The number of halogens is 1. The van der Waals surface area contributed by atoms with Gasteiger partial charge in [-0.2, -0.15) is 5.10 Å². The van der Waals surface area contributed by atoms with Gasteiger partial charge in [-0.1, -0.05) is 23.7 Å². The number of nitrogens with zero attached hydrogens (tertiary/aromatic N) is 1. The molecule has 0 aliphatic rings. The van der Waals surface area contributed by atoms with Crippen LogP contribution in [0.5, 0.6) is 0 Å². The molecule has 0 aliphatic carbocycles. The van der Waals surface area contributed by atoms with E-state index in [-0.39, 0.29) is 0 Å². The summed E-state index contributed by atoms with van der Waals surface area (Å²) >= 11 is 5.74. The van der Waals surface area contributed by atoms with E-state index in [1.54, 1.807) is 18.2 Å². The lowest BCUT2D eigenvalue weighted by atomic mass is 10.2. The lowest BCUT2D eigenvalue weighted by Crippen LogP contribution is -2.16. The van der Waals surface area contributed by atoms with Crippen molar-refractivity contribution in [3.05, 3.63) is 34.9 Å². The van der Waals surface area contributed by atoms with Crippen LogP contribution in [0.15, 0.2) is 29.4 Å². The van der Waals surface area contributed by atoms with E-state index >= 15 is 0 Å². The summed E-state index contributed by atoms with van der Waals surface area (Å²) < 4.78 is 4.32. The molecule has 1 N–H and O–H groups in total. The van der Waals surface area contributed by atoms with Crippen LogP contribution in [0.25, 0.3) is 0 Å². The largest absolute Gasteiger partial charge is 0.452 e. The van der Waals surface area contributed by atoms with Gasteiger partial charge >= 0.3 is 6.09 Å². The molecule has 0 spiro atoms. The fourth-order valence-corrected chi connectivity index (χ4v) is 0.991. The Bertz CT molecular complexity index is 352. The minimum atomic E-state index is -0.608. The molecule has 1 amide bonds. The lowest BCUT2D eigenvalue weighted by Gasteiger charge is -1.96. The zero-order valence-corrected chi connectivity index (χ0v) is 8.28. The third-order valence-corrected chi connectivity index (χ3v) is 1.64. The van der Waals surface area contributed by atoms with E-state index < -0.39 is 6.09 Å². The number of carbonyl (C=O) groups is 1. The second-order valence-corrected chi connectivity index (χ2v) is 2.85.